The van der Waals surface area contributed by atoms with E-state index in [1.807, 2.05) is 0 Å². The van der Waals surface area contributed by atoms with Crippen molar-refractivity contribution in [2.45, 2.75) is 18.9 Å². The Morgan fingerprint density at radius 2 is 2.16 bits per heavy atom. The van der Waals surface area contributed by atoms with Gasteiger partial charge in [-0.15, -0.1) is 0 Å². The van der Waals surface area contributed by atoms with Crippen LogP contribution in [0.3, 0.4) is 0 Å². The van der Waals surface area contributed by atoms with E-state index in [-0.39, 0.29) is 5.82 Å². The van der Waals surface area contributed by atoms with Gasteiger partial charge in [0, 0.05) is 6.54 Å². The average molecular weight is 266 g/mol. The third-order valence-corrected chi connectivity index (χ3v) is 3.84. The molecule has 1 aliphatic rings. The van der Waals surface area contributed by atoms with Crippen molar-refractivity contribution in [3.8, 4) is 0 Å². The molecule has 0 saturated carbocycles. The summed E-state index contributed by atoms with van der Waals surface area (Å²) in [6.07, 6.45) is 1.78. The number of piperidine rings is 1. The van der Waals surface area contributed by atoms with Crippen molar-refractivity contribution in [3.63, 3.8) is 0 Å². The zero-order valence-electron chi connectivity index (χ0n) is 11.5. The first kappa shape index (κ1) is 14.4. The van der Waals surface area contributed by atoms with Crippen molar-refractivity contribution in [2.75, 3.05) is 33.2 Å². The van der Waals surface area contributed by atoms with Gasteiger partial charge in [0.05, 0.1) is 6.10 Å². The van der Waals surface area contributed by atoms with Gasteiger partial charge in [-0.05, 0) is 63.1 Å². The van der Waals surface area contributed by atoms with Crippen LogP contribution in [0.4, 0.5) is 4.39 Å². The Balaban J connectivity index is 1.70. The molecule has 0 spiro atoms. The predicted molar refractivity (Wildman–Crippen MR) is 74.5 cm³/mol. The number of halogens is 1. The Morgan fingerprint density at radius 3 is 2.84 bits per heavy atom. The molecule has 106 valence electrons. The largest absolute Gasteiger partial charge is 0.387 e. The minimum absolute atomic E-state index is 0.299. The molecular formula is C15H23FN2O. The van der Waals surface area contributed by atoms with E-state index in [9.17, 15) is 9.50 Å². The van der Waals surface area contributed by atoms with Gasteiger partial charge in [0.15, 0.2) is 0 Å². The quantitative estimate of drug-likeness (QED) is 0.853. The zero-order valence-corrected chi connectivity index (χ0v) is 11.5. The number of aliphatic hydroxyl groups excluding tert-OH is 1. The molecule has 4 heteroatoms. The third kappa shape index (κ3) is 4.56. The molecule has 2 rings (SSSR count). The molecule has 1 fully saturated rings. The number of likely N-dealkylation sites (tertiary alicyclic amines) is 1. The van der Waals surface area contributed by atoms with Crippen LogP contribution in [0.15, 0.2) is 24.3 Å². The lowest BCUT2D eigenvalue weighted by atomic mass is 9.97. The summed E-state index contributed by atoms with van der Waals surface area (Å²) in [7, 11) is 2.15. The average Bonchev–Trinajstić information content (AvgIpc) is 2.41. The molecule has 0 aromatic heterocycles. The standard InChI is InChI=1S/C15H23FN2O/c1-18-7-5-12(6-8-18)10-17-11-15(19)13-3-2-4-14(16)9-13/h2-4,9,12,15,17,19H,5-8,10-11H2,1H3. The number of nitrogens with zero attached hydrogens (tertiary/aromatic N) is 1. The summed E-state index contributed by atoms with van der Waals surface area (Å²) in [5.41, 5.74) is 0.635. The van der Waals surface area contributed by atoms with E-state index >= 15 is 0 Å². The Kier molecular flexibility index (Phi) is 5.31. The number of nitrogens with one attached hydrogen (secondary N) is 1. The Hall–Kier alpha value is -0.970. The van der Waals surface area contributed by atoms with Crippen LogP contribution >= 0.6 is 0 Å². The molecule has 1 unspecified atom stereocenters. The van der Waals surface area contributed by atoms with Crippen LogP contribution in [0.5, 0.6) is 0 Å². The number of hydrogen-bond donors (Lipinski definition) is 2. The molecule has 0 bridgehead atoms. The predicted octanol–water partition coefficient (Wildman–Crippen LogP) is 1.79. The highest BCUT2D eigenvalue weighted by Gasteiger charge is 2.16. The summed E-state index contributed by atoms with van der Waals surface area (Å²) in [4.78, 5) is 2.35. The van der Waals surface area contributed by atoms with Crippen LogP contribution in [0, 0.1) is 11.7 Å². The van der Waals surface area contributed by atoms with Crippen molar-refractivity contribution in [1.29, 1.82) is 0 Å². The smallest absolute Gasteiger partial charge is 0.123 e. The maximum absolute atomic E-state index is 13.0. The summed E-state index contributed by atoms with van der Waals surface area (Å²) >= 11 is 0. The van der Waals surface area contributed by atoms with Gasteiger partial charge in [0.2, 0.25) is 0 Å². The van der Waals surface area contributed by atoms with E-state index in [0.717, 1.165) is 19.6 Å². The normalized spacial score (nSPS) is 19.5. The highest BCUT2D eigenvalue weighted by Crippen LogP contribution is 2.16. The van der Waals surface area contributed by atoms with Gasteiger partial charge in [0.1, 0.15) is 5.82 Å². The van der Waals surface area contributed by atoms with Gasteiger partial charge in [0.25, 0.3) is 0 Å². The van der Waals surface area contributed by atoms with E-state index in [4.69, 9.17) is 0 Å². The molecule has 0 radical (unpaired) electrons. The molecule has 1 atom stereocenters. The highest BCUT2D eigenvalue weighted by atomic mass is 19.1. The second kappa shape index (κ2) is 6.98. The monoisotopic (exact) mass is 266 g/mol. The van der Waals surface area contributed by atoms with Crippen LogP contribution in [0.2, 0.25) is 0 Å². The minimum Gasteiger partial charge on any atom is -0.387 e. The molecule has 19 heavy (non-hydrogen) atoms. The topological polar surface area (TPSA) is 35.5 Å². The fourth-order valence-corrected chi connectivity index (χ4v) is 2.52. The van der Waals surface area contributed by atoms with Gasteiger partial charge in [-0.1, -0.05) is 12.1 Å². The fraction of sp³-hybridized carbons (Fsp3) is 0.600. The van der Waals surface area contributed by atoms with Gasteiger partial charge < -0.3 is 15.3 Å². The zero-order chi connectivity index (χ0) is 13.7. The van der Waals surface area contributed by atoms with Gasteiger partial charge in [-0.3, -0.25) is 0 Å². The first-order valence-corrected chi connectivity index (χ1v) is 6.98. The number of hydrogen-bond acceptors (Lipinski definition) is 3. The van der Waals surface area contributed by atoms with Crippen LogP contribution in [-0.2, 0) is 0 Å². The second-order valence-corrected chi connectivity index (χ2v) is 5.48. The molecule has 1 saturated heterocycles. The van der Waals surface area contributed by atoms with Crippen molar-refractivity contribution in [3.05, 3.63) is 35.6 Å². The molecule has 0 amide bonds. The maximum Gasteiger partial charge on any atom is 0.123 e. The molecule has 2 N–H and O–H groups in total. The van der Waals surface area contributed by atoms with Crippen molar-refractivity contribution in [1.82, 2.24) is 10.2 Å². The van der Waals surface area contributed by atoms with Crippen LogP contribution in [0.1, 0.15) is 24.5 Å². The van der Waals surface area contributed by atoms with Crippen LogP contribution in [-0.4, -0.2) is 43.2 Å². The van der Waals surface area contributed by atoms with Gasteiger partial charge in [-0.2, -0.15) is 0 Å². The van der Waals surface area contributed by atoms with Crippen molar-refractivity contribution >= 4 is 0 Å². The summed E-state index contributed by atoms with van der Waals surface area (Å²) < 4.78 is 13.0. The summed E-state index contributed by atoms with van der Waals surface area (Å²) in [6.45, 7) is 3.72. The second-order valence-electron chi connectivity index (χ2n) is 5.48. The number of aliphatic hydroxyl groups is 1. The Morgan fingerprint density at radius 1 is 1.42 bits per heavy atom. The van der Waals surface area contributed by atoms with Crippen LogP contribution in [0.25, 0.3) is 0 Å². The molecule has 1 heterocycles. The third-order valence-electron chi connectivity index (χ3n) is 3.84. The molecular weight excluding hydrogens is 243 g/mol. The van der Waals surface area contributed by atoms with Gasteiger partial charge in [-0.25, -0.2) is 4.39 Å². The summed E-state index contributed by atoms with van der Waals surface area (Å²) in [6, 6.07) is 6.17. The minimum atomic E-state index is -0.637. The molecule has 1 aromatic carbocycles. The SMILES string of the molecule is CN1CCC(CNCC(O)c2cccc(F)c2)CC1. The maximum atomic E-state index is 13.0. The molecule has 3 nitrogen and oxygen atoms in total. The molecule has 1 aromatic rings. The highest BCUT2D eigenvalue weighted by molar-refractivity contribution is 5.18. The summed E-state index contributed by atoms with van der Waals surface area (Å²) in [5.74, 6) is 0.391. The lowest BCUT2D eigenvalue weighted by molar-refractivity contribution is 0.165. The van der Waals surface area contributed by atoms with E-state index in [0.29, 0.717) is 18.0 Å². The van der Waals surface area contributed by atoms with Gasteiger partial charge >= 0.3 is 0 Å². The summed E-state index contributed by atoms with van der Waals surface area (Å²) in [5, 5.41) is 13.3. The van der Waals surface area contributed by atoms with Crippen LogP contribution < -0.4 is 5.32 Å². The lowest BCUT2D eigenvalue weighted by Gasteiger charge is -2.29. The van der Waals surface area contributed by atoms with E-state index in [2.05, 4.69) is 17.3 Å². The molecule has 0 aliphatic carbocycles. The first-order valence-electron chi connectivity index (χ1n) is 6.98. The van der Waals surface area contributed by atoms with Crippen molar-refractivity contribution < 1.29 is 9.50 Å². The number of benzene rings is 1. The molecule has 1 aliphatic heterocycles. The lowest BCUT2D eigenvalue weighted by Crippen LogP contribution is -2.36. The Labute approximate surface area is 114 Å². The van der Waals surface area contributed by atoms with E-state index < -0.39 is 6.10 Å². The van der Waals surface area contributed by atoms with E-state index in [1.54, 1.807) is 12.1 Å². The van der Waals surface area contributed by atoms with Crippen molar-refractivity contribution in [2.24, 2.45) is 5.92 Å². The number of rotatable bonds is 5. The first-order chi connectivity index (χ1) is 9.15. The van der Waals surface area contributed by atoms with E-state index in [1.165, 1.54) is 25.0 Å². The Bertz CT molecular complexity index is 391. The fourth-order valence-electron chi connectivity index (χ4n) is 2.52.